The third-order valence-corrected chi connectivity index (χ3v) is 6.28. The van der Waals surface area contributed by atoms with Gasteiger partial charge in [0.2, 0.25) is 0 Å². The zero-order valence-corrected chi connectivity index (χ0v) is 17.5. The van der Waals surface area contributed by atoms with Crippen LogP contribution in [0.3, 0.4) is 0 Å². The smallest absolute Gasteiger partial charge is 0.0963 e. The first-order valence-corrected chi connectivity index (χ1v) is 10.3. The monoisotopic (exact) mass is 388 g/mol. The van der Waals surface area contributed by atoms with Crippen molar-refractivity contribution in [3.8, 4) is 0 Å². The largest absolute Gasteiger partial charge is 0.255 e. The Labute approximate surface area is 162 Å². The van der Waals surface area contributed by atoms with Crippen molar-refractivity contribution in [2.24, 2.45) is 0 Å². The number of aromatic nitrogens is 2. The molecule has 2 nitrogen and oxygen atoms in total. The third-order valence-electron chi connectivity index (χ3n) is 3.61. The van der Waals surface area contributed by atoms with Gasteiger partial charge in [-0.2, -0.15) is 0 Å². The van der Waals surface area contributed by atoms with Gasteiger partial charge in [-0.05, 0) is 24.3 Å². The second-order valence-corrected chi connectivity index (χ2v) is 8.47. The van der Waals surface area contributed by atoms with Crippen molar-refractivity contribution in [2.45, 2.75) is 39.5 Å². The van der Waals surface area contributed by atoms with E-state index in [0.29, 0.717) is 19.0 Å². The molecule has 2 aromatic carbocycles. The fourth-order valence-electron chi connectivity index (χ4n) is 2.27. The molecule has 0 saturated heterocycles. The van der Waals surface area contributed by atoms with Crippen LogP contribution in [0.5, 0.6) is 0 Å². The molecule has 0 spiro atoms. The van der Waals surface area contributed by atoms with Gasteiger partial charge < -0.3 is 0 Å². The van der Waals surface area contributed by atoms with Gasteiger partial charge in [-0.1, -0.05) is 52.0 Å². The molecule has 4 aromatic rings. The first-order valence-electron chi connectivity index (χ1n) is 8.63. The molecule has 0 N–H and O–H groups in total. The van der Waals surface area contributed by atoms with E-state index in [2.05, 4.69) is 74.1 Å². The summed E-state index contributed by atoms with van der Waals surface area (Å²) in [5.74, 6) is 1.09. The second-order valence-electron chi connectivity index (χ2n) is 6.35. The van der Waals surface area contributed by atoms with Crippen molar-refractivity contribution < 1.29 is 4.39 Å². The highest BCUT2D eigenvalue weighted by Crippen LogP contribution is 2.27. The quantitative estimate of drug-likeness (QED) is 0.357. The number of rotatable bonds is 2. The Morgan fingerprint density at radius 1 is 0.654 bits per heavy atom. The van der Waals surface area contributed by atoms with Crippen molar-refractivity contribution in [1.82, 2.24) is 9.97 Å². The lowest BCUT2D eigenvalue weighted by Crippen LogP contribution is -1.82. The van der Waals surface area contributed by atoms with Crippen molar-refractivity contribution in [3.05, 3.63) is 58.5 Å². The Morgan fingerprint density at radius 2 is 1.00 bits per heavy atom. The van der Waals surface area contributed by atoms with Gasteiger partial charge in [-0.15, -0.1) is 22.7 Å². The van der Waals surface area contributed by atoms with Gasteiger partial charge in [0.05, 0.1) is 37.6 Å². The molecule has 5 heteroatoms. The second kappa shape index (κ2) is 9.74. The Morgan fingerprint density at radius 3 is 1.31 bits per heavy atom. The molecule has 0 aliphatic heterocycles. The third kappa shape index (κ3) is 5.08. The minimum Gasteiger partial charge on any atom is -0.255 e. The lowest BCUT2D eigenvalue weighted by atomic mass is 10.2. The molecule has 0 radical (unpaired) electrons. The Balaban J connectivity index is 0.000000171. The van der Waals surface area contributed by atoms with E-state index in [4.69, 9.17) is 0 Å². The maximum absolute atomic E-state index is 9.50. The van der Waals surface area contributed by atoms with Crippen LogP contribution >= 0.6 is 22.7 Å². The molecular formula is C21H25FN2S2. The topological polar surface area (TPSA) is 25.8 Å². The Kier molecular flexibility index (Phi) is 7.66. The van der Waals surface area contributed by atoms with Crippen molar-refractivity contribution in [1.29, 1.82) is 0 Å². The molecular weight excluding hydrogens is 363 g/mol. The number of thiazole rings is 2. The van der Waals surface area contributed by atoms with Crippen molar-refractivity contribution in [2.75, 3.05) is 7.18 Å². The van der Waals surface area contributed by atoms with Crippen LogP contribution < -0.4 is 0 Å². The molecule has 26 heavy (non-hydrogen) atoms. The van der Waals surface area contributed by atoms with E-state index in [9.17, 15) is 4.39 Å². The maximum atomic E-state index is 9.50. The summed E-state index contributed by atoms with van der Waals surface area (Å²) in [5, 5.41) is 2.47. The van der Waals surface area contributed by atoms with Crippen LogP contribution in [0, 0.1) is 0 Å². The zero-order chi connectivity index (χ0) is 19.1. The molecule has 0 saturated carbocycles. The van der Waals surface area contributed by atoms with Gasteiger partial charge >= 0.3 is 0 Å². The number of halogens is 1. The van der Waals surface area contributed by atoms with E-state index in [1.54, 1.807) is 22.7 Å². The van der Waals surface area contributed by atoms with Crippen LogP contribution in [0.15, 0.2) is 48.5 Å². The predicted molar refractivity (Wildman–Crippen MR) is 114 cm³/mol. The average Bonchev–Trinajstić information content (AvgIpc) is 3.28. The molecule has 0 aliphatic carbocycles. The number of nitrogens with zero attached hydrogens (tertiary/aromatic N) is 2. The summed E-state index contributed by atoms with van der Waals surface area (Å²) in [5.41, 5.74) is 2.26. The van der Waals surface area contributed by atoms with E-state index in [1.165, 1.54) is 19.4 Å². The molecule has 4 rings (SSSR count). The van der Waals surface area contributed by atoms with Gasteiger partial charge in [0.15, 0.2) is 0 Å². The predicted octanol–water partition coefficient (Wildman–Crippen LogP) is 7.43. The highest BCUT2D eigenvalue weighted by molar-refractivity contribution is 7.19. The molecule has 2 heterocycles. The van der Waals surface area contributed by atoms with Crippen molar-refractivity contribution >= 4 is 43.1 Å². The number of benzene rings is 2. The van der Waals surface area contributed by atoms with Crippen LogP contribution in [0.2, 0.25) is 0 Å². The highest BCUT2D eigenvalue weighted by Gasteiger charge is 2.06. The van der Waals surface area contributed by atoms with Crippen molar-refractivity contribution in [3.63, 3.8) is 0 Å². The summed E-state index contributed by atoms with van der Waals surface area (Å²) in [4.78, 5) is 9.06. The minimum atomic E-state index is 0.500. The summed E-state index contributed by atoms with van der Waals surface area (Å²) in [6, 6.07) is 16.6. The van der Waals surface area contributed by atoms with Crippen LogP contribution in [0.4, 0.5) is 4.39 Å². The van der Waals surface area contributed by atoms with Crippen LogP contribution in [0.25, 0.3) is 20.4 Å². The molecule has 138 valence electrons. The molecule has 0 bridgehead atoms. The zero-order valence-electron chi connectivity index (χ0n) is 15.9. The first kappa shape index (κ1) is 20.5. The van der Waals surface area contributed by atoms with E-state index >= 15 is 0 Å². The Hall–Kier alpha value is -1.85. The SMILES string of the molecule is CC(C)c1nc2ccccc2s1.CC(C)c1nc2ccccc2s1.CF. The highest BCUT2D eigenvalue weighted by atomic mass is 32.1. The standard InChI is InChI=1S/2C10H11NS.CH3F/c2*1-7(2)10-11-8-5-3-4-6-9(8)12-10;1-2/h2*3-7H,1-2H3;1H3. The van der Waals surface area contributed by atoms with E-state index in [1.807, 2.05) is 12.1 Å². The number of hydrogen-bond donors (Lipinski definition) is 0. The fourth-order valence-corrected chi connectivity index (χ4v) is 4.21. The van der Waals surface area contributed by atoms with Crippen LogP contribution in [-0.2, 0) is 0 Å². The lowest BCUT2D eigenvalue weighted by molar-refractivity contribution is 0.636. The number of hydrogen-bond acceptors (Lipinski definition) is 4. The summed E-state index contributed by atoms with van der Waals surface area (Å²) in [7, 11) is 0.500. The van der Waals surface area contributed by atoms with Gasteiger partial charge in [-0.3, -0.25) is 4.39 Å². The number of fused-ring (bicyclic) bond motifs is 2. The fraction of sp³-hybridized carbons (Fsp3) is 0.333. The van der Waals surface area contributed by atoms with Crippen LogP contribution in [-0.4, -0.2) is 17.1 Å². The maximum Gasteiger partial charge on any atom is 0.0963 e. The normalized spacial score (nSPS) is 10.6. The molecule has 0 amide bonds. The van der Waals surface area contributed by atoms with Gasteiger partial charge in [0.25, 0.3) is 0 Å². The minimum absolute atomic E-state index is 0.500. The summed E-state index contributed by atoms with van der Waals surface area (Å²) < 4.78 is 12.1. The van der Waals surface area contributed by atoms with Gasteiger partial charge in [-0.25, -0.2) is 9.97 Å². The lowest BCUT2D eigenvalue weighted by Gasteiger charge is -1.94. The van der Waals surface area contributed by atoms with Crippen LogP contribution in [0.1, 0.15) is 49.5 Å². The van der Waals surface area contributed by atoms with E-state index in [0.717, 1.165) is 11.0 Å². The van der Waals surface area contributed by atoms with E-state index < -0.39 is 0 Å². The average molecular weight is 389 g/mol. The summed E-state index contributed by atoms with van der Waals surface area (Å²) >= 11 is 3.59. The summed E-state index contributed by atoms with van der Waals surface area (Å²) in [6.45, 7) is 8.71. The molecule has 0 atom stereocenters. The first-order chi connectivity index (χ1) is 12.5. The molecule has 2 aromatic heterocycles. The van der Waals surface area contributed by atoms with Gasteiger partial charge in [0, 0.05) is 11.8 Å². The number of para-hydroxylation sites is 2. The summed E-state index contributed by atoms with van der Waals surface area (Å²) in [6.07, 6.45) is 0. The molecule has 0 fully saturated rings. The van der Waals surface area contributed by atoms with Gasteiger partial charge in [0.1, 0.15) is 0 Å². The number of alkyl halides is 1. The van der Waals surface area contributed by atoms with E-state index in [-0.39, 0.29) is 0 Å². The molecule has 0 unspecified atom stereocenters. The molecule has 0 aliphatic rings. The Bertz CT molecular complexity index is 797.